The normalized spacial score (nSPS) is 16.9. The molecule has 5 rings (SSSR count). The molecule has 146 valence electrons. The van der Waals surface area contributed by atoms with Crippen molar-refractivity contribution >= 4 is 22.6 Å². The van der Waals surface area contributed by atoms with Crippen molar-refractivity contribution in [3.63, 3.8) is 0 Å². The van der Waals surface area contributed by atoms with Crippen LogP contribution >= 0.6 is 0 Å². The van der Waals surface area contributed by atoms with Gasteiger partial charge in [0.1, 0.15) is 5.52 Å². The van der Waals surface area contributed by atoms with E-state index in [1.54, 1.807) is 9.58 Å². The highest BCUT2D eigenvalue weighted by Crippen LogP contribution is 2.33. The molecule has 0 radical (unpaired) electrons. The zero-order valence-corrected chi connectivity index (χ0v) is 16.5. The zero-order valence-electron chi connectivity index (χ0n) is 16.5. The highest BCUT2D eigenvalue weighted by atomic mass is 16.5. The molecule has 0 N–H and O–H groups in total. The fraction of sp³-hybridized carbons (Fsp3) is 0.286. The first kappa shape index (κ1) is 17.5. The van der Waals surface area contributed by atoms with Crippen LogP contribution in [-0.2, 0) is 11.8 Å². The Bertz CT molecular complexity index is 1240. The van der Waals surface area contributed by atoms with E-state index in [4.69, 9.17) is 4.52 Å². The zero-order chi connectivity index (χ0) is 20.1. The van der Waals surface area contributed by atoms with Crippen molar-refractivity contribution in [1.29, 1.82) is 0 Å². The summed E-state index contributed by atoms with van der Waals surface area (Å²) in [4.78, 5) is 19.0. The monoisotopic (exact) mass is 388 g/mol. The third-order valence-electron chi connectivity index (χ3n) is 5.59. The van der Waals surface area contributed by atoms with Crippen LogP contribution in [0, 0.1) is 13.8 Å². The van der Waals surface area contributed by atoms with E-state index in [0.717, 1.165) is 22.3 Å². The lowest BCUT2D eigenvalue weighted by atomic mass is 10.1. The summed E-state index contributed by atoms with van der Waals surface area (Å²) in [7, 11) is 1.85. The van der Waals surface area contributed by atoms with Gasteiger partial charge in [-0.25, -0.2) is 4.68 Å². The van der Waals surface area contributed by atoms with Crippen LogP contribution in [0.2, 0.25) is 0 Å². The number of benzene rings is 2. The minimum absolute atomic E-state index is 0.0685. The topological polar surface area (TPSA) is 89.9 Å². The minimum Gasteiger partial charge on any atom is -0.339 e. The van der Waals surface area contributed by atoms with Gasteiger partial charge in [0.2, 0.25) is 17.6 Å². The van der Waals surface area contributed by atoms with Crippen molar-refractivity contribution in [2.24, 2.45) is 7.05 Å². The Labute approximate surface area is 167 Å². The number of hydrogen-bond donors (Lipinski definition) is 0. The molecule has 0 unspecified atom stereocenters. The van der Waals surface area contributed by atoms with E-state index in [1.807, 2.05) is 43.4 Å². The first-order valence-corrected chi connectivity index (χ1v) is 9.50. The second kappa shape index (κ2) is 6.51. The van der Waals surface area contributed by atoms with Gasteiger partial charge in [-0.1, -0.05) is 16.4 Å². The summed E-state index contributed by atoms with van der Waals surface area (Å²) < 4.78 is 7.23. The molecule has 8 heteroatoms. The van der Waals surface area contributed by atoms with Crippen LogP contribution in [0.25, 0.3) is 22.4 Å². The summed E-state index contributed by atoms with van der Waals surface area (Å²) in [5.74, 6) is 0.924. The molecule has 4 aromatic rings. The first-order valence-electron chi connectivity index (χ1n) is 9.50. The lowest BCUT2D eigenvalue weighted by Gasteiger charge is -2.17. The fourth-order valence-electron chi connectivity index (χ4n) is 3.71. The number of aromatic nitrogens is 5. The van der Waals surface area contributed by atoms with E-state index in [-0.39, 0.29) is 11.8 Å². The minimum atomic E-state index is -0.120. The Kier molecular flexibility index (Phi) is 3.94. The summed E-state index contributed by atoms with van der Waals surface area (Å²) in [6.07, 6.45) is 0.359. The van der Waals surface area contributed by atoms with E-state index in [2.05, 4.69) is 34.3 Å². The SMILES string of the molecule is Cc1ccc(N2C[C@@H](c3nc(-c4ccc5c(c4)nnn5C)no3)CC2=O)cc1C. The third-order valence-corrected chi connectivity index (χ3v) is 5.59. The van der Waals surface area contributed by atoms with Crippen molar-refractivity contribution in [3.05, 3.63) is 53.4 Å². The summed E-state index contributed by atoms with van der Waals surface area (Å²) in [5.41, 5.74) is 5.80. The number of anilines is 1. The van der Waals surface area contributed by atoms with Crippen LogP contribution in [0.4, 0.5) is 5.69 Å². The van der Waals surface area contributed by atoms with Crippen molar-refractivity contribution in [2.45, 2.75) is 26.2 Å². The van der Waals surface area contributed by atoms with Gasteiger partial charge in [-0.05, 0) is 55.3 Å². The van der Waals surface area contributed by atoms with E-state index in [1.165, 1.54) is 11.1 Å². The molecule has 1 aliphatic heterocycles. The molecule has 0 spiro atoms. The van der Waals surface area contributed by atoms with E-state index in [9.17, 15) is 4.79 Å². The maximum absolute atomic E-state index is 12.6. The number of rotatable bonds is 3. The van der Waals surface area contributed by atoms with Crippen molar-refractivity contribution < 1.29 is 9.32 Å². The lowest BCUT2D eigenvalue weighted by Crippen LogP contribution is -2.24. The van der Waals surface area contributed by atoms with Crippen LogP contribution in [0.15, 0.2) is 40.9 Å². The van der Waals surface area contributed by atoms with E-state index >= 15 is 0 Å². The summed E-state index contributed by atoms with van der Waals surface area (Å²) in [5, 5.41) is 12.3. The molecule has 8 nitrogen and oxygen atoms in total. The number of fused-ring (bicyclic) bond motifs is 1. The quantitative estimate of drug-likeness (QED) is 0.536. The van der Waals surface area contributed by atoms with Gasteiger partial charge < -0.3 is 9.42 Å². The standard InChI is InChI=1S/C21H20N6O2/c1-12-4-6-16(8-13(12)2)27-11-15(10-19(27)28)21-22-20(24-29-21)14-5-7-18-17(9-14)23-25-26(18)3/h4-9,15H,10-11H2,1-3H3/t15-/m0/s1. The van der Waals surface area contributed by atoms with Crippen LogP contribution in [0.5, 0.6) is 0 Å². The molecule has 2 aromatic heterocycles. The second-order valence-electron chi connectivity index (χ2n) is 7.55. The first-order chi connectivity index (χ1) is 14.0. The predicted molar refractivity (Wildman–Crippen MR) is 107 cm³/mol. The van der Waals surface area contributed by atoms with Gasteiger partial charge in [0, 0.05) is 31.3 Å². The van der Waals surface area contributed by atoms with Crippen LogP contribution < -0.4 is 4.90 Å². The van der Waals surface area contributed by atoms with E-state index in [0.29, 0.717) is 24.7 Å². The number of carbonyl (C=O) groups excluding carboxylic acids is 1. The molecule has 1 saturated heterocycles. The summed E-state index contributed by atoms with van der Waals surface area (Å²) >= 11 is 0. The molecule has 3 heterocycles. The number of carbonyl (C=O) groups is 1. The number of hydrogen-bond acceptors (Lipinski definition) is 6. The van der Waals surface area contributed by atoms with Gasteiger partial charge in [-0.15, -0.1) is 5.10 Å². The molecule has 1 fully saturated rings. The predicted octanol–water partition coefficient (Wildman–Crippen LogP) is 3.16. The molecule has 1 amide bonds. The summed E-state index contributed by atoms with van der Waals surface area (Å²) in [6.45, 7) is 4.65. The van der Waals surface area contributed by atoms with Crippen LogP contribution in [0.3, 0.4) is 0 Å². The number of nitrogens with zero attached hydrogens (tertiary/aromatic N) is 6. The number of aryl methyl sites for hydroxylation is 3. The summed E-state index contributed by atoms with van der Waals surface area (Å²) in [6, 6.07) is 11.8. The molecule has 2 aromatic carbocycles. The smallest absolute Gasteiger partial charge is 0.232 e. The van der Waals surface area contributed by atoms with Gasteiger partial charge >= 0.3 is 0 Å². The molecule has 0 bridgehead atoms. The second-order valence-corrected chi connectivity index (χ2v) is 7.55. The molecule has 29 heavy (non-hydrogen) atoms. The molecule has 0 aliphatic carbocycles. The Morgan fingerprint density at radius 3 is 2.79 bits per heavy atom. The van der Waals surface area contributed by atoms with E-state index < -0.39 is 0 Å². The average Bonchev–Trinajstić information content (AvgIpc) is 3.43. The van der Waals surface area contributed by atoms with Crippen molar-refractivity contribution in [2.75, 3.05) is 11.4 Å². The average molecular weight is 388 g/mol. The lowest BCUT2D eigenvalue weighted by molar-refractivity contribution is -0.117. The van der Waals surface area contributed by atoms with Gasteiger partial charge in [-0.3, -0.25) is 4.79 Å². The van der Waals surface area contributed by atoms with Gasteiger partial charge in [0.15, 0.2) is 0 Å². The van der Waals surface area contributed by atoms with Crippen LogP contribution in [0.1, 0.15) is 29.4 Å². The third kappa shape index (κ3) is 2.97. The van der Waals surface area contributed by atoms with Gasteiger partial charge in [-0.2, -0.15) is 4.98 Å². The fourth-order valence-corrected chi connectivity index (χ4v) is 3.71. The maximum atomic E-state index is 12.6. The highest BCUT2D eigenvalue weighted by Gasteiger charge is 2.35. The molecule has 0 saturated carbocycles. The number of amides is 1. The van der Waals surface area contributed by atoms with Crippen molar-refractivity contribution in [3.8, 4) is 11.4 Å². The van der Waals surface area contributed by atoms with Gasteiger partial charge in [0.05, 0.1) is 11.4 Å². The maximum Gasteiger partial charge on any atom is 0.232 e. The molecule has 1 atom stereocenters. The largest absolute Gasteiger partial charge is 0.339 e. The van der Waals surface area contributed by atoms with Crippen molar-refractivity contribution in [1.82, 2.24) is 25.1 Å². The molecular formula is C21H20N6O2. The Hall–Kier alpha value is -3.55. The van der Waals surface area contributed by atoms with Gasteiger partial charge in [0.25, 0.3) is 0 Å². The molecule has 1 aliphatic rings. The highest BCUT2D eigenvalue weighted by molar-refractivity contribution is 5.96. The Morgan fingerprint density at radius 1 is 1.10 bits per heavy atom. The Balaban J connectivity index is 1.40. The van der Waals surface area contributed by atoms with Crippen LogP contribution in [-0.4, -0.2) is 37.6 Å². The Morgan fingerprint density at radius 2 is 1.97 bits per heavy atom. The molecular weight excluding hydrogens is 368 g/mol.